The SMILES string of the molecule is C=CC[C@@H](c1ccc(Cl)c(Cl)c1)C1COC(=O)N1. The van der Waals surface area contributed by atoms with Crippen molar-refractivity contribution in [3.63, 3.8) is 0 Å². The highest BCUT2D eigenvalue weighted by Gasteiger charge is 2.30. The van der Waals surface area contributed by atoms with Crippen LogP contribution in [0.4, 0.5) is 4.79 Å². The van der Waals surface area contributed by atoms with E-state index in [0.29, 0.717) is 16.7 Å². The summed E-state index contributed by atoms with van der Waals surface area (Å²) in [5.41, 5.74) is 1.01. The van der Waals surface area contributed by atoms with E-state index in [1.807, 2.05) is 18.2 Å². The summed E-state index contributed by atoms with van der Waals surface area (Å²) in [4.78, 5) is 11.1. The van der Waals surface area contributed by atoms with Gasteiger partial charge in [0, 0.05) is 5.92 Å². The summed E-state index contributed by atoms with van der Waals surface area (Å²) in [5.74, 6) is 0.0868. The molecule has 2 rings (SSSR count). The minimum atomic E-state index is -0.380. The number of hydrogen-bond donors (Lipinski definition) is 1. The van der Waals surface area contributed by atoms with Crippen molar-refractivity contribution in [1.29, 1.82) is 0 Å². The van der Waals surface area contributed by atoms with Gasteiger partial charge in [0.25, 0.3) is 0 Å². The van der Waals surface area contributed by atoms with Crippen molar-refractivity contribution < 1.29 is 9.53 Å². The summed E-state index contributed by atoms with van der Waals surface area (Å²) < 4.78 is 4.92. The Bertz CT molecular complexity index is 476. The van der Waals surface area contributed by atoms with Crippen LogP contribution in [0.3, 0.4) is 0 Å². The van der Waals surface area contributed by atoms with Crippen LogP contribution in [0.1, 0.15) is 17.9 Å². The first kappa shape index (κ1) is 13.2. The smallest absolute Gasteiger partial charge is 0.407 e. The van der Waals surface area contributed by atoms with Crippen molar-refractivity contribution in [3.8, 4) is 0 Å². The molecule has 0 radical (unpaired) electrons. The van der Waals surface area contributed by atoms with Crippen molar-refractivity contribution in [2.45, 2.75) is 18.4 Å². The number of rotatable bonds is 4. The minimum absolute atomic E-state index is 0.0623. The number of nitrogens with one attached hydrogen (secondary N) is 1. The van der Waals surface area contributed by atoms with Gasteiger partial charge in [-0.3, -0.25) is 0 Å². The van der Waals surface area contributed by atoms with Crippen LogP contribution in [0, 0.1) is 0 Å². The third kappa shape index (κ3) is 2.79. The Morgan fingerprint density at radius 2 is 2.28 bits per heavy atom. The predicted octanol–water partition coefficient (Wildman–Crippen LogP) is 3.76. The van der Waals surface area contributed by atoms with Crippen molar-refractivity contribution in [2.24, 2.45) is 0 Å². The molecular weight excluding hydrogens is 273 g/mol. The van der Waals surface area contributed by atoms with Crippen LogP contribution >= 0.6 is 23.2 Å². The fourth-order valence-electron chi connectivity index (χ4n) is 2.07. The summed E-state index contributed by atoms with van der Waals surface area (Å²) in [6, 6.07) is 5.43. The predicted molar refractivity (Wildman–Crippen MR) is 72.3 cm³/mol. The number of amides is 1. The highest BCUT2D eigenvalue weighted by atomic mass is 35.5. The molecule has 5 heteroatoms. The fourth-order valence-corrected chi connectivity index (χ4v) is 2.38. The molecule has 0 saturated carbocycles. The number of hydrogen-bond acceptors (Lipinski definition) is 2. The lowest BCUT2D eigenvalue weighted by Gasteiger charge is -2.21. The van der Waals surface area contributed by atoms with E-state index in [2.05, 4.69) is 11.9 Å². The van der Waals surface area contributed by atoms with Crippen LogP contribution in [0.2, 0.25) is 10.0 Å². The van der Waals surface area contributed by atoms with Gasteiger partial charge in [0.05, 0.1) is 16.1 Å². The normalized spacial score (nSPS) is 20.1. The summed E-state index contributed by atoms with van der Waals surface area (Å²) in [7, 11) is 0. The van der Waals surface area contributed by atoms with Crippen molar-refractivity contribution >= 4 is 29.3 Å². The zero-order valence-corrected chi connectivity index (χ0v) is 11.2. The van der Waals surface area contributed by atoms with E-state index in [-0.39, 0.29) is 18.1 Å². The Hall–Kier alpha value is -1.19. The fraction of sp³-hybridized carbons (Fsp3) is 0.308. The first-order valence-electron chi connectivity index (χ1n) is 5.61. The highest BCUT2D eigenvalue weighted by Crippen LogP contribution is 2.31. The number of allylic oxidation sites excluding steroid dienone is 1. The lowest BCUT2D eigenvalue weighted by atomic mass is 9.89. The maximum Gasteiger partial charge on any atom is 0.407 e. The summed E-state index contributed by atoms with van der Waals surface area (Å²) in [6.07, 6.45) is 2.17. The average molecular weight is 286 g/mol. The lowest BCUT2D eigenvalue weighted by Crippen LogP contribution is -2.32. The van der Waals surface area contributed by atoms with Gasteiger partial charge in [0.1, 0.15) is 6.61 Å². The molecular formula is C13H13Cl2NO2. The molecule has 0 spiro atoms. The van der Waals surface area contributed by atoms with Gasteiger partial charge in [0.15, 0.2) is 0 Å². The maximum atomic E-state index is 11.1. The van der Waals surface area contributed by atoms with Crippen LogP contribution in [0.25, 0.3) is 0 Å². The highest BCUT2D eigenvalue weighted by molar-refractivity contribution is 6.42. The Kier molecular flexibility index (Phi) is 4.15. The molecule has 1 fully saturated rings. The number of carbonyl (C=O) groups is 1. The van der Waals surface area contributed by atoms with E-state index >= 15 is 0 Å². The van der Waals surface area contributed by atoms with E-state index in [4.69, 9.17) is 27.9 Å². The Morgan fingerprint density at radius 1 is 1.50 bits per heavy atom. The second kappa shape index (κ2) is 5.63. The average Bonchev–Trinajstić information content (AvgIpc) is 2.76. The Morgan fingerprint density at radius 3 is 2.83 bits per heavy atom. The second-order valence-electron chi connectivity index (χ2n) is 4.15. The van der Waals surface area contributed by atoms with Gasteiger partial charge in [-0.1, -0.05) is 35.3 Å². The number of benzene rings is 1. The van der Waals surface area contributed by atoms with Crippen LogP contribution < -0.4 is 5.32 Å². The van der Waals surface area contributed by atoms with E-state index in [1.54, 1.807) is 6.07 Å². The van der Waals surface area contributed by atoms with E-state index < -0.39 is 0 Å². The van der Waals surface area contributed by atoms with Crippen molar-refractivity contribution in [1.82, 2.24) is 5.32 Å². The minimum Gasteiger partial charge on any atom is -0.447 e. The van der Waals surface area contributed by atoms with Crippen molar-refractivity contribution in [2.75, 3.05) is 6.61 Å². The lowest BCUT2D eigenvalue weighted by molar-refractivity contribution is 0.176. The zero-order valence-electron chi connectivity index (χ0n) is 9.66. The van der Waals surface area contributed by atoms with Gasteiger partial charge in [0.2, 0.25) is 0 Å². The van der Waals surface area contributed by atoms with Crippen LogP contribution in [-0.2, 0) is 4.74 Å². The number of ether oxygens (including phenoxy) is 1. The molecule has 0 aromatic heterocycles. The van der Waals surface area contributed by atoms with Crippen LogP contribution in [0.15, 0.2) is 30.9 Å². The van der Waals surface area contributed by atoms with E-state index in [1.165, 1.54) is 0 Å². The topological polar surface area (TPSA) is 38.3 Å². The number of alkyl carbamates (subject to hydrolysis) is 1. The maximum absolute atomic E-state index is 11.1. The third-order valence-corrected chi connectivity index (χ3v) is 3.71. The molecule has 1 aliphatic heterocycles. The molecule has 18 heavy (non-hydrogen) atoms. The van der Waals surface area contributed by atoms with Gasteiger partial charge < -0.3 is 10.1 Å². The van der Waals surface area contributed by atoms with Gasteiger partial charge in [-0.15, -0.1) is 6.58 Å². The zero-order chi connectivity index (χ0) is 13.1. The van der Waals surface area contributed by atoms with E-state index in [0.717, 1.165) is 12.0 Å². The summed E-state index contributed by atoms with van der Waals surface area (Å²) in [5, 5.41) is 3.81. The number of carbonyl (C=O) groups excluding carboxylic acids is 1. The van der Waals surface area contributed by atoms with Gasteiger partial charge in [-0.05, 0) is 24.1 Å². The van der Waals surface area contributed by atoms with E-state index in [9.17, 15) is 4.79 Å². The molecule has 1 saturated heterocycles. The van der Waals surface area contributed by atoms with Crippen LogP contribution in [-0.4, -0.2) is 18.7 Å². The summed E-state index contributed by atoms with van der Waals surface area (Å²) >= 11 is 11.9. The molecule has 1 unspecified atom stereocenters. The molecule has 1 aromatic rings. The molecule has 0 aliphatic carbocycles. The molecule has 1 aromatic carbocycles. The molecule has 1 N–H and O–H groups in total. The molecule has 1 aliphatic rings. The molecule has 0 bridgehead atoms. The number of halogens is 2. The third-order valence-electron chi connectivity index (χ3n) is 2.98. The van der Waals surface area contributed by atoms with Gasteiger partial charge >= 0.3 is 6.09 Å². The monoisotopic (exact) mass is 285 g/mol. The number of cyclic esters (lactones) is 1. The molecule has 1 amide bonds. The standard InChI is InChI=1S/C13H13Cl2NO2/c1-2-3-9(12-7-18-13(17)16-12)8-4-5-10(14)11(15)6-8/h2,4-6,9,12H,1,3,7H2,(H,16,17)/t9-,12?/m0/s1. The quantitative estimate of drug-likeness (QED) is 0.856. The molecule has 96 valence electrons. The second-order valence-corrected chi connectivity index (χ2v) is 4.97. The Balaban J connectivity index is 2.25. The van der Waals surface area contributed by atoms with Gasteiger partial charge in [-0.25, -0.2) is 4.79 Å². The first-order valence-corrected chi connectivity index (χ1v) is 6.36. The van der Waals surface area contributed by atoms with Gasteiger partial charge in [-0.2, -0.15) is 0 Å². The summed E-state index contributed by atoms with van der Waals surface area (Å²) in [6.45, 7) is 4.10. The largest absolute Gasteiger partial charge is 0.447 e. The molecule has 1 heterocycles. The first-order chi connectivity index (χ1) is 8.61. The molecule has 2 atom stereocenters. The molecule has 3 nitrogen and oxygen atoms in total. The van der Waals surface area contributed by atoms with Crippen molar-refractivity contribution in [3.05, 3.63) is 46.5 Å². The van der Waals surface area contributed by atoms with Crippen LogP contribution in [0.5, 0.6) is 0 Å². The Labute approximate surface area is 116 Å².